The molecule has 0 fully saturated rings. The second-order valence-corrected chi connectivity index (χ2v) is 9.20. The second kappa shape index (κ2) is 13.3. The summed E-state index contributed by atoms with van der Waals surface area (Å²) in [5.74, 6) is 3.89. The quantitative estimate of drug-likeness (QED) is 0.224. The molecule has 6 nitrogen and oxygen atoms in total. The van der Waals surface area contributed by atoms with E-state index in [1.165, 1.54) is 5.56 Å². The zero-order valence-electron chi connectivity index (χ0n) is 19.3. The first-order chi connectivity index (χ1) is 14.9. The van der Waals surface area contributed by atoms with Gasteiger partial charge >= 0.3 is 0 Å². The van der Waals surface area contributed by atoms with Gasteiger partial charge in [0.2, 0.25) is 11.8 Å². The van der Waals surface area contributed by atoms with Crippen molar-refractivity contribution in [3.05, 3.63) is 60.7 Å². The molecule has 0 saturated carbocycles. The van der Waals surface area contributed by atoms with Crippen molar-refractivity contribution in [3.63, 3.8) is 0 Å². The highest BCUT2D eigenvalue weighted by Crippen LogP contribution is 2.21. The number of likely N-dealkylation sites (N-methyl/N-ethyl adjacent to an activating group) is 2. The van der Waals surface area contributed by atoms with Crippen molar-refractivity contribution in [2.45, 2.75) is 25.6 Å². The van der Waals surface area contributed by atoms with Crippen molar-refractivity contribution in [2.24, 2.45) is 5.92 Å². The molecule has 0 spiro atoms. The molecular weight excluding hydrogens is 408 g/mol. The van der Waals surface area contributed by atoms with Crippen LogP contribution in [0, 0.1) is 5.92 Å². The number of benzene rings is 1. The summed E-state index contributed by atoms with van der Waals surface area (Å²) < 4.78 is 11.5. The molecule has 0 aliphatic carbocycles. The number of ether oxygens (including phenoxy) is 1. The highest BCUT2D eigenvalue weighted by atomic mass is 32.2. The van der Waals surface area contributed by atoms with Crippen LogP contribution in [0.5, 0.6) is 0 Å². The second-order valence-electron chi connectivity index (χ2n) is 8.10. The van der Waals surface area contributed by atoms with Crippen LogP contribution in [0.15, 0.2) is 53.7 Å². The van der Waals surface area contributed by atoms with Crippen LogP contribution in [-0.4, -0.2) is 66.6 Å². The summed E-state index contributed by atoms with van der Waals surface area (Å²) in [7, 11) is 6.33. The molecule has 1 aromatic carbocycles. The minimum absolute atomic E-state index is 0.384. The lowest BCUT2D eigenvalue weighted by Gasteiger charge is -2.19. The molecule has 0 saturated heterocycles. The number of thioether (sulfide) groups is 1. The Labute approximate surface area is 191 Å². The third-order valence-electron chi connectivity index (χ3n) is 4.76. The van der Waals surface area contributed by atoms with Gasteiger partial charge in [-0.2, -0.15) is 0 Å². The number of allylic oxidation sites excluding steroid dienone is 2. The molecule has 0 aliphatic heterocycles. The summed E-state index contributed by atoms with van der Waals surface area (Å²) in [5, 5.41) is 8.36. The van der Waals surface area contributed by atoms with Crippen molar-refractivity contribution < 1.29 is 9.15 Å². The summed E-state index contributed by atoms with van der Waals surface area (Å²) in [6, 6.07) is 8.33. The van der Waals surface area contributed by atoms with Gasteiger partial charge in [-0.25, -0.2) is 0 Å². The van der Waals surface area contributed by atoms with Crippen LogP contribution in [0.1, 0.15) is 24.8 Å². The number of rotatable bonds is 15. The molecule has 1 heterocycles. The molecule has 0 bridgehead atoms. The molecule has 2 rings (SSSR count). The number of nitrogens with zero attached hydrogens (tertiary/aromatic N) is 4. The Balaban J connectivity index is 1.73. The Morgan fingerprint density at radius 1 is 1.19 bits per heavy atom. The van der Waals surface area contributed by atoms with Crippen LogP contribution in [0.2, 0.25) is 0 Å². The van der Waals surface area contributed by atoms with Gasteiger partial charge in [-0.05, 0) is 44.8 Å². The predicted molar refractivity (Wildman–Crippen MR) is 130 cm³/mol. The van der Waals surface area contributed by atoms with Crippen molar-refractivity contribution in [2.75, 3.05) is 46.6 Å². The van der Waals surface area contributed by atoms with Crippen LogP contribution < -0.4 is 0 Å². The van der Waals surface area contributed by atoms with Crippen LogP contribution in [0.25, 0.3) is 11.5 Å². The summed E-state index contributed by atoms with van der Waals surface area (Å²) in [5.41, 5.74) is 2.21. The highest BCUT2D eigenvalue weighted by molar-refractivity contribution is 7.98. The lowest BCUT2D eigenvalue weighted by molar-refractivity contribution is 0.217. The molecule has 1 unspecified atom stereocenters. The summed E-state index contributed by atoms with van der Waals surface area (Å²) >= 11 is 1.71. The summed E-state index contributed by atoms with van der Waals surface area (Å²) in [6.45, 7) is 13.5. The highest BCUT2D eigenvalue weighted by Gasteiger charge is 2.10. The maximum atomic E-state index is 5.82. The first-order valence-electron chi connectivity index (χ1n) is 10.6. The van der Waals surface area contributed by atoms with E-state index in [0.717, 1.165) is 43.1 Å². The Hall–Kier alpha value is -2.09. The fourth-order valence-corrected chi connectivity index (χ4v) is 3.49. The number of hydrogen-bond acceptors (Lipinski definition) is 7. The zero-order chi connectivity index (χ0) is 22.6. The van der Waals surface area contributed by atoms with Gasteiger partial charge in [-0.1, -0.05) is 31.7 Å². The third kappa shape index (κ3) is 9.72. The first-order valence-corrected chi connectivity index (χ1v) is 11.8. The summed E-state index contributed by atoms with van der Waals surface area (Å²) in [6.07, 6.45) is 2.72. The van der Waals surface area contributed by atoms with Gasteiger partial charge in [0.05, 0.1) is 18.1 Å². The summed E-state index contributed by atoms with van der Waals surface area (Å²) in [4.78, 5) is 4.51. The third-order valence-corrected chi connectivity index (χ3v) is 5.67. The average molecular weight is 445 g/mol. The van der Waals surface area contributed by atoms with E-state index in [0.29, 0.717) is 30.1 Å². The van der Waals surface area contributed by atoms with Gasteiger partial charge in [0.15, 0.2) is 0 Å². The molecule has 1 aromatic heterocycles. The van der Waals surface area contributed by atoms with E-state index < -0.39 is 0 Å². The molecule has 170 valence electrons. The van der Waals surface area contributed by atoms with Gasteiger partial charge in [0.1, 0.15) is 0 Å². The molecular formula is C24H36N4O2S. The standard InChI is InChI=1S/C24H36N4O2S/c1-7-19(2)16-20(3)29-14-15-31-18-23-25-26-24(30-23)22-10-8-21(9-11-22)17-28(6)13-12-27(4)5/h7-11,19H,1,3,12-18H2,2,4-6H3. The molecule has 2 aromatic rings. The zero-order valence-corrected chi connectivity index (χ0v) is 20.2. The van der Waals surface area contributed by atoms with E-state index in [1.54, 1.807) is 11.8 Å². The Bertz CT molecular complexity index is 804. The monoisotopic (exact) mass is 444 g/mol. The Morgan fingerprint density at radius 2 is 1.94 bits per heavy atom. The molecule has 0 amide bonds. The van der Waals surface area contributed by atoms with Crippen molar-refractivity contribution in [1.29, 1.82) is 0 Å². The van der Waals surface area contributed by atoms with Gasteiger partial charge in [0.25, 0.3) is 0 Å². The van der Waals surface area contributed by atoms with Crippen molar-refractivity contribution in [1.82, 2.24) is 20.0 Å². The van der Waals surface area contributed by atoms with E-state index in [9.17, 15) is 0 Å². The van der Waals surface area contributed by atoms with Crippen LogP contribution in [0.4, 0.5) is 0 Å². The van der Waals surface area contributed by atoms with E-state index >= 15 is 0 Å². The molecule has 7 heteroatoms. The van der Waals surface area contributed by atoms with Gasteiger partial charge < -0.3 is 19.0 Å². The molecule has 0 N–H and O–H groups in total. The minimum Gasteiger partial charge on any atom is -0.498 e. The lowest BCUT2D eigenvalue weighted by Crippen LogP contribution is -2.28. The largest absolute Gasteiger partial charge is 0.498 e. The molecule has 0 radical (unpaired) electrons. The smallest absolute Gasteiger partial charge is 0.247 e. The van der Waals surface area contributed by atoms with E-state index in [4.69, 9.17) is 9.15 Å². The van der Waals surface area contributed by atoms with Gasteiger partial charge in [-0.3, -0.25) is 0 Å². The molecule has 1 atom stereocenters. The predicted octanol–water partition coefficient (Wildman–Crippen LogP) is 4.71. The average Bonchev–Trinajstić information content (AvgIpc) is 3.21. The SMILES string of the molecule is C=CC(C)CC(=C)OCCSCc1nnc(-c2ccc(CN(C)CCN(C)C)cc2)o1. The van der Waals surface area contributed by atoms with Crippen LogP contribution in [-0.2, 0) is 17.0 Å². The number of aromatic nitrogens is 2. The Kier molecular flexibility index (Phi) is 10.8. The van der Waals surface area contributed by atoms with E-state index in [-0.39, 0.29) is 0 Å². The molecule has 0 aliphatic rings. The number of hydrogen-bond donors (Lipinski definition) is 0. The van der Waals surface area contributed by atoms with Crippen LogP contribution in [0.3, 0.4) is 0 Å². The van der Waals surface area contributed by atoms with E-state index in [2.05, 4.69) is 73.4 Å². The minimum atomic E-state index is 0.384. The maximum Gasteiger partial charge on any atom is 0.247 e. The topological polar surface area (TPSA) is 54.6 Å². The van der Waals surface area contributed by atoms with E-state index in [1.807, 2.05) is 18.2 Å². The fraction of sp³-hybridized carbons (Fsp3) is 0.500. The first kappa shape index (κ1) is 25.2. The van der Waals surface area contributed by atoms with Crippen LogP contribution >= 0.6 is 11.8 Å². The Morgan fingerprint density at radius 3 is 2.61 bits per heavy atom. The normalized spacial score (nSPS) is 12.3. The molecule has 31 heavy (non-hydrogen) atoms. The van der Waals surface area contributed by atoms with Gasteiger partial charge in [-0.15, -0.1) is 28.5 Å². The van der Waals surface area contributed by atoms with Crippen molar-refractivity contribution >= 4 is 11.8 Å². The van der Waals surface area contributed by atoms with Gasteiger partial charge in [0, 0.05) is 37.4 Å². The maximum absolute atomic E-state index is 5.82. The van der Waals surface area contributed by atoms with Crippen molar-refractivity contribution in [3.8, 4) is 11.5 Å². The lowest BCUT2D eigenvalue weighted by atomic mass is 10.1. The fourth-order valence-electron chi connectivity index (χ4n) is 2.85.